The van der Waals surface area contributed by atoms with E-state index < -0.39 is 0 Å². The molecule has 0 aromatic rings. The van der Waals surface area contributed by atoms with E-state index in [0.717, 1.165) is 24.9 Å². The Balaban J connectivity index is 1.57. The van der Waals surface area contributed by atoms with E-state index in [1.807, 2.05) is 0 Å². The van der Waals surface area contributed by atoms with Gasteiger partial charge in [0.1, 0.15) is 0 Å². The Labute approximate surface area is 100 Å². The van der Waals surface area contributed by atoms with E-state index in [1.165, 1.54) is 50.9 Å². The van der Waals surface area contributed by atoms with E-state index in [1.54, 1.807) is 0 Å². The van der Waals surface area contributed by atoms with Crippen molar-refractivity contribution < 1.29 is 0 Å². The molecule has 1 aliphatic heterocycles. The number of likely N-dealkylation sites (tertiary alicyclic amines) is 1. The molecular formula is C14H26N2. The fourth-order valence-electron chi connectivity index (χ4n) is 2.97. The number of nitrogens with zero attached hydrogens (tertiary/aromatic N) is 1. The molecule has 2 aliphatic rings. The Kier molecular flexibility index (Phi) is 4.28. The summed E-state index contributed by atoms with van der Waals surface area (Å²) >= 11 is 0. The molecule has 1 saturated carbocycles. The minimum absolute atomic E-state index is 0.910. The smallest absolute Gasteiger partial charge is 0.0375 e. The van der Waals surface area contributed by atoms with Gasteiger partial charge < -0.3 is 5.32 Å². The first kappa shape index (κ1) is 12.0. The van der Waals surface area contributed by atoms with Crippen molar-refractivity contribution in [3.8, 4) is 0 Å². The lowest BCUT2D eigenvalue weighted by Gasteiger charge is -2.34. The minimum Gasteiger partial charge on any atom is -0.387 e. The molecule has 1 N–H and O–H groups in total. The van der Waals surface area contributed by atoms with Crippen LogP contribution in [0.2, 0.25) is 0 Å². The van der Waals surface area contributed by atoms with Crippen LogP contribution in [0.15, 0.2) is 12.3 Å². The summed E-state index contributed by atoms with van der Waals surface area (Å²) in [6.07, 6.45) is 6.96. The molecule has 0 amide bonds. The Bertz CT molecular complexity index is 225. The lowest BCUT2D eigenvalue weighted by Crippen LogP contribution is -2.37. The summed E-state index contributed by atoms with van der Waals surface area (Å²) in [5, 5.41) is 3.52. The normalized spacial score (nSPS) is 30.8. The SMILES string of the molecule is C=C(CN1CCCCC1)NCC1CC(C)C1. The predicted molar refractivity (Wildman–Crippen MR) is 69.3 cm³/mol. The van der Waals surface area contributed by atoms with Gasteiger partial charge in [-0.1, -0.05) is 19.9 Å². The second-order valence-corrected chi connectivity index (χ2v) is 5.76. The van der Waals surface area contributed by atoms with Crippen LogP contribution < -0.4 is 5.32 Å². The molecule has 2 fully saturated rings. The van der Waals surface area contributed by atoms with Crippen LogP contribution in [0.5, 0.6) is 0 Å². The van der Waals surface area contributed by atoms with E-state index >= 15 is 0 Å². The van der Waals surface area contributed by atoms with Gasteiger partial charge in [-0.2, -0.15) is 0 Å². The third kappa shape index (κ3) is 3.51. The van der Waals surface area contributed by atoms with Gasteiger partial charge in [-0.05, 0) is 50.6 Å². The Morgan fingerprint density at radius 1 is 1.25 bits per heavy atom. The third-order valence-corrected chi connectivity index (χ3v) is 3.98. The number of hydrogen-bond donors (Lipinski definition) is 1. The van der Waals surface area contributed by atoms with Crippen molar-refractivity contribution in [2.75, 3.05) is 26.2 Å². The van der Waals surface area contributed by atoms with Gasteiger partial charge >= 0.3 is 0 Å². The van der Waals surface area contributed by atoms with E-state index in [2.05, 4.69) is 23.7 Å². The van der Waals surface area contributed by atoms with Gasteiger partial charge in [0.25, 0.3) is 0 Å². The summed E-state index contributed by atoms with van der Waals surface area (Å²) < 4.78 is 0. The zero-order valence-corrected chi connectivity index (χ0v) is 10.7. The summed E-state index contributed by atoms with van der Waals surface area (Å²) in [6.45, 7) is 11.2. The molecule has 2 heteroatoms. The van der Waals surface area contributed by atoms with Crippen LogP contribution in [0, 0.1) is 11.8 Å². The summed E-state index contributed by atoms with van der Waals surface area (Å²) in [5.74, 6) is 1.87. The van der Waals surface area contributed by atoms with Gasteiger partial charge in [0.2, 0.25) is 0 Å². The van der Waals surface area contributed by atoms with E-state index in [4.69, 9.17) is 0 Å². The summed E-state index contributed by atoms with van der Waals surface area (Å²) in [6, 6.07) is 0. The van der Waals surface area contributed by atoms with Gasteiger partial charge in [0, 0.05) is 18.8 Å². The van der Waals surface area contributed by atoms with Crippen LogP contribution in [0.3, 0.4) is 0 Å². The second kappa shape index (κ2) is 5.72. The highest BCUT2D eigenvalue weighted by molar-refractivity contribution is 4.96. The van der Waals surface area contributed by atoms with Crippen molar-refractivity contribution >= 4 is 0 Å². The van der Waals surface area contributed by atoms with Gasteiger partial charge in [-0.3, -0.25) is 4.90 Å². The Hall–Kier alpha value is -0.500. The van der Waals surface area contributed by atoms with Crippen LogP contribution in [-0.4, -0.2) is 31.1 Å². The summed E-state index contributed by atoms with van der Waals surface area (Å²) in [4.78, 5) is 2.53. The highest BCUT2D eigenvalue weighted by Crippen LogP contribution is 2.32. The van der Waals surface area contributed by atoms with Gasteiger partial charge in [-0.25, -0.2) is 0 Å². The fraction of sp³-hybridized carbons (Fsp3) is 0.857. The molecule has 0 unspecified atom stereocenters. The molecule has 0 spiro atoms. The van der Waals surface area contributed by atoms with Gasteiger partial charge in [0.15, 0.2) is 0 Å². The lowest BCUT2D eigenvalue weighted by atomic mass is 9.76. The van der Waals surface area contributed by atoms with Crippen LogP contribution in [-0.2, 0) is 0 Å². The molecule has 2 nitrogen and oxygen atoms in total. The largest absolute Gasteiger partial charge is 0.387 e. The number of hydrogen-bond acceptors (Lipinski definition) is 2. The quantitative estimate of drug-likeness (QED) is 0.769. The van der Waals surface area contributed by atoms with Gasteiger partial charge in [-0.15, -0.1) is 0 Å². The maximum atomic E-state index is 4.15. The van der Waals surface area contributed by atoms with Crippen molar-refractivity contribution in [2.24, 2.45) is 11.8 Å². The fourth-order valence-corrected chi connectivity index (χ4v) is 2.97. The topological polar surface area (TPSA) is 15.3 Å². The first-order chi connectivity index (χ1) is 7.74. The van der Waals surface area contributed by atoms with Crippen molar-refractivity contribution in [3.63, 3.8) is 0 Å². The average Bonchev–Trinajstić information content (AvgIpc) is 2.24. The number of nitrogens with one attached hydrogen (secondary N) is 1. The van der Waals surface area contributed by atoms with Crippen molar-refractivity contribution in [1.82, 2.24) is 10.2 Å². The highest BCUT2D eigenvalue weighted by Gasteiger charge is 2.24. The molecule has 16 heavy (non-hydrogen) atoms. The summed E-state index contributed by atoms with van der Waals surface area (Å²) in [5.41, 5.74) is 1.22. The van der Waals surface area contributed by atoms with E-state index in [0.29, 0.717) is 0 Å². The molecule has 2 rings (SSSR count). The molecule has 1 heterocycles. The molecule has 0 radical (unpaired) electrons. The molecular weight excluding hydrogens is 196 g/mol. The molecule has 0 atom stereocenters. The monoisotopic (exact) mass is 222 g/mol. The maximum Gasteiger partial charge on any atom is 0.0375 e. The summed E-state index contributed by atoms with van der Waals surface area (Å²) in [7, 11) is 0. The Morgan fingerprint density at radius 3 is 2.56 bits per heavy atom. The minimum atomic E-state index is 0.910. The second-order valence-electron chi connectivity index (χ2n) is 5.76. The van der Waals surface area contributed by atoms with Crippen LogP contribution in [0.25, 0.3) is 0 Å². The van der Waals surface area contributed by atoms with Crippen LogP contribution in [0.1, 0.15) is 39.0 Å². The third-order valence-electron chi connectivity index (χ3n) is 3.98. The zero-order valence-electron chi connectivity index (χ0n) is 10.7. The van der Waals surface area contributed by atoms with Crippen molar-refractivity contribution in [3.05, 3.63) is 12.3 Å². The Morgan fingerprint density at radius 2 is 1.94 bits per heavy atom. The highest BCUT2D eigenvalue weighted by atomic mass is 15.1. The first-order valence-electron chi connectivity index (χ1n) is 6.88. The predicted octanol–water partition coefficient (Wildman–Crippen LogP) is 2.62. The standard InChI is InChI=1S/C14H26N2/c1-12-8-14(9-12)10-15-13(2)11-16-6-4-3-5-7-16/h12,14-15H,2-11H2,1H3. The van der Waals surface area contributed by atoms with E-state index in [-0.39, 0.29) is 0 Å². The van der Waals surface area contributed by atoms with Gasteiger partial charge in [0.05, 0.1) is 0 Å². The van der Waals surface area contributed by atoms with Crippen molar-refractivity contribution in [2.45, 2.75) is 39.0 Å². The zero-order chi connectivity index (χ0) is 11.4. The molecule has 0 aromatic heterocycles. The van der Waals surface area contributed by atoms with Crippen molar-refractivity contribution in [1.29, 1.82) is 0 Å². The van der Waals surface area contributed by atoms with Crippen LogP contribution >= 0.6 is 0 Å². The first-order valence-corrected chi connectivity index (χ1v) is 6.88. The molecule has 0 bridgehead atoms. The number of piperidine rings is 1. The molecule has 1 aliphatic carbocycles. The molecule has 0 aromatic carbocycles. The maximum absolute atomic E-state index is 4.15. The lowest BCUT2D eigenvalue weighted by molar-refractivity contribution is 0.205. The molecule has 1 saturated heterocycles. The number of rotatable bonds is 5. The van der Waals surface area contributed by atoms with Crippen LogP contribution in [0.4, 0.5) is 0 Å². The van der Waals surface area contributed by atoms with E-state index in [9.17, 15) is 0 Å². The molecule has 92 valence electrons. The average molecular weight is 222 g/mol.